The molecule has 1 aromatic heterocycles. The van der Waals surface area contributed by atoms with Crippen LogP contribution in [-0.2, 0) is 16.0 Å². The Kier molecular flexibility index (Phi) is 3.49. The maximum Gasteiger partial charge on any atom is 0.220 e. The number of nitrogens with one attached hydrogen (secondary N) is 2. The number of aromatic amines is 1. The molecule has 1 aromatic carbocycles. The molecule has 0 saturated carbocycles. The summed E-state index contributed by atoms with van der Waals surface area (Å²) >= 11 is 0. The van der Waals surface area contributed by atoms with Crippen molar-refractivity contribution in [1.29, 1.82) is 0 Å². The van der Waals surface area contributed by atoms with Gasteiger partial charge in [0.25, 0.3) is 0 Å². The van der Waals surface area contributed by atoms with Gasteiger partial charge in [-0.15, -0.1) is 0 Å². The number of benzene rings is 1. The van der Waals surface area contributed by atoms with Crippen LogP contribution in [0.4, 0.5) is 0 Å². The van der Waals surface area contributed by atoms with Crippen molar-refractivity contribution in [2.45, 2.75) is 31.7 Å². The second-order valence-corrected chi connectivity index (χ2v) is 5.77. The van der Waals surface area contributed by atoms with Gasteiger partial charge in [0.05, 0.1) is 12.1 Å². The first kappa shape index (κ1) is 13.2. The highest BCUT2D eigenvalue weighted by molar-refractivity contribution is 5.84. The number of ether oxygens (including phenoxy) is 1. The summed E-state index contributed by atoms with van der Waals surface area (Å²) < 4.78 is 5.35. The van der Waals surface area contributed by atoms with Crippen LogP contribution < -0.4 is 5.32 Å². The minimum atomic E-state index is -0.183. The first-order valence-corrected chi connectivity index (χ1v) is 7.10. The number of carbonyl (C=O) groups excluding carboxylic acids is 1. The van der Waals surface area contributed by atoms with Gasteiger partial charge in [-0.3, -0.25) is 4.79 Å². The van der Waals surface area contributed by atoms with Gasteiger partial charge in [0.1, 0.15) is 0 Å². The molecule has 1 aliphatic rings. The first-order valence-electron chi connectivity index (χ1n) is 7.10. The van der Waals surface area contributed by atoms with Crippen LogP contribution in [0.1, 0.15) is 25.3 Å². The molecule has 3 rings (SSSR count). The van der Waals surface area contributed by atoms with Gasteiger partial charge in [-0.05, 0) is 31.4 Å². The molecule has 0 bridgehead atoms. The fourth-order valence-corrected chi connectivity index (χ4v) is 2.75. The van der Waals surface area contributed by atoms with E-state index in [1.807, 2.05) is 25.3 Å². The number of amides is 1. The van der Waals surface area contributed by atoms with Gasteiger partial charge >= 0.3 is 0 Å². The Labute approximate surface area is 118 Å². The van der Waals surface area contributed by atoms with Crippen molar-refractivity contribution in [2.75, 3.05) is 13.2 Å². The van der Waals surface area contributed by atoms with E-state index in [4.69, 9.17) is 4.74 Å². The molecule has 20 heavy (non-hydrogen) atoms. The molecule has 4 heteroatoms. The predicted octanol–water partition coefficient (Wildman–Crippen LogP) is 2.40. The minimum absolute atomic E-state index is 0.100. The SMILES string of the molecule is CC1(NC(=O)CCc2c[nH]c3ccccc23)CCOC1. The number of para-hydroxylation sites is 1. The molecule has 0 aliphatic carbocycles. The number of carbonyl (C=O) groups is 1. The summed E-state index contributed by atoms with van der Waals surface area (Å²) in [5.41, 5.74) is 2.14. The van der Waals surface area contributed by atoms with E-state index in [-0.39, 0.29) is 11.4 Å². The van der Waals surface area contributed by atoms with Gasteiger partial charge in [0.15, 0.2) is 0 Å². The monoisotopic (exact) mass is 272 g/mol. The molecule has 4 nitrogen and oxygen atoms in total. The zero-order valence-electron chi connectivity index (χ0n) is 11.7. The van der Waals surface area contributed by atoms with Crippen molar-refractivity contribution in [2.24, 2.45) is 0 Å². The Bertz CT molecular complexity index is 612. The summed E-state index contributed by atoms with van der Waals surface area (Å²) in [5, 5.41) is 4.30. The fraction of sp³-hybridized carbons (Fsp3) is 0.438. The van der Waals surface area contributed by atoms with E-state index in [1.165, 1.54) is 10.9 Å². The van der Waals surface area contributed by atoms with Crippen molar-refractivity contribution in [3.8, 4) is 0 Å². The Hall–Kier alpha value is -1.81. The van der Waals surface area contributed by atoms with Crippen molar-refractivity contribution in [1.82, 2.24) is 10.3 Å². The number of rotatable bonds is 4. The molecule has 1 saturated heterocycles. The second kappa shape index (κ2) is 5.29. The largest absolute Gasteiger partial charge is 0.379 e. The molecule has 1 unspecified atom stereocenters. The molecule has 106 valence electrons. The summed E-state index contributed by atoms with van der Waals surface area (Å²) in [6.07, 6.45) is 4.16. The Morgan fingerprint density at radius 1 is 1.45 bits per heavy atom. The van der Waals surface area contributed by atoms with Gasteiger partial charge < -0.3 is 15.0 Å². The average molecular weight is 272 g/mol. The molecule has 2 N–H and O–H groups in total. The van der Waals surface area contributed by atoms with Crippen LogP contribution in [0.2, 0.25) is 0 Å². The maximum atomic E-state index is 12.1. The maximum absolute atomic E-state index is 12.1. The zero-order valence-corrected chi connectivity index (χ0v) is 11.7. The normalized spacial score (nSPS) is 22.2. The smallest absolute Gasteiger partial charge is 0.220 e. The highest BCUT2D eigenvalue weighted by atomic mass is 16.5. The first-order chi connectivity index (χ1) is 9.66. The third-order valence-electron chi connectivity index (χ3n) is 3.96. The summed E-state index contributed by atoms with van der Waals surface area (Å²) in [5.74, 6) is 0.100. The molecule has 1 aliphatic heterocycles. The molecule has 1 atom stereocenters. The minimum Gasteiger partial charge on any atom is -0.379 e. The Balaban J connectivity index is 1.60. The lowest BCUT2D eigenvalue weighted by atomic mass is 10.0. The highest BCUT2D eigenvalue weighted by Crippen LogP contribution is 2.20. The van der Waals surface area contributed by atoms with Crippen LogP contribution >= 0.6 is 0 Å². The number of hydrogen-bond donors (Lipinski definition) is 2. The van der Waals surface area contributed by atoms with Crippen LogP contribution in [0.3, 0.4) is 0 Å². The summed E-state index contributed by atoms with van der Waals surface area (Å²) in [7, 11) is 0. The summed E-state index contributed by atoms with van der Waals surface area (Å²) in [6, 6.07) is 8.17. The molecule has 0 spiro atoms. The van der Waals surface area contributed by atoms with E-state index in [9.17, 15) is 4.79 Å². The van der Waals surface area contributed by atoms with E-state index >= 15 is 0 Å². The lowest BCUT2D eigenvalue weighted by Crippen LogP contribution is -2.46. The fourth-order valence-electron chi connectivity index (χ4n) is 2.75. The molecular formula is C16H20N2O2. The zero-order chi connectivity index (χ0) is 14.0. The van der Waals surface area contributed by atoms with Crippen LogP contribution in [0.25, 0.3) is 10.9 Å². The van der Waals surface area contributed by atoms with Crippen LogP contribution in [0.15, 0.2) is 30.5 Å². The van der Waals surface area contributed by atoms with E-state index in [2.05, 4.69) is 22.4 Å². The quantitative estimate of drug-likeness (QED) is 0.898. The van der Waals surface area contributed by atoms with Gasteiger partial charge in [-0.2, -0.15) is 0 Å². The molecule has 2 aromatic rings. The van der Waals surface area contributed by atoms with E-state index in [1.54, 1.807) is 0 Å². The van der Waals surface area contributed by atoms with Crippen molar-refractivity contribution >= 4 is 16.8 Å². The Morgan fingerprint density at radius 2 is 2.30 bits per heavy atom. The third-order valence-corrected chi connectivity index (χ3v) is 3.96. The van der Waals surface area contributed by atoms with Crippen molar-refractivity contribution < 1.29 is 9.53 Å². The number of aromatic nitrogens is 1. The lowest BCUT2D eigenvalue weighted by molar-refractivity contribution is -0.122. The molecule has 0 radical (unpaired) electrons. The molecule has 2 heterocycles. The standard InChI is InChI=1S/C16H20N2O2/c1-16(8-9-20-11-16)18-15(19)7-6-12-10-17-14-5-3-2-4-13(12)14/h2-5,10,17H,6-9,11H2,1H3,(H,18,19). The van der Waals surface area contributed by atoms with Crippen molar-refractivity contribution in [3.05, 3.63) is 36.0 Å². The number of hydrogen-bond acceptors (Lipinski definition) is 2. The predicted molar refractivity (Wildman–Crippen MR) is 78.6 cm³/mol. The summed E-state index contributed by atoms with van der Waals surface area (Å²) in [4.78, 5) is 15.3. The second-order valence-electron chi connectivity index (χ2n) is 5.77. The van der Waals surface area contributed by atoms with E-state index in [0.717, 1.165) is 25.0 Å². The van der Waals surface area contributed by atoms with E-state index < -0.39 is 0 Å². The van der Waals surface area contributed by atoms with Gasteiger partial charge in [-0.1, -0.05) is 18.2 Å². The van der Waals surface area contributed by atoms with Crippen molar-refractivity contribution in [3.63, 3.8) is 0 Å². The van der Waals surface area contributed by atoms with Crippen LogP contribution in [-0.4, -0.2) is 29.6 Å². The third kappa shape index (κ3) is 2.70. The topological polar surface area (TPSA) is 54.1 Å². The highest BCUT2D eigenvalue weighted by Gasteiger charge is 2.30. The number of fused-ring (bicyclic) bond motifs is 1. The average Bonchev–Trinajstić information content (AvgIpc) is 3.03. The number of H-pyrrole nitrogens is 1. The van der Waals surface area contributed by atoms with Crippen LogP contribution in [0.5, 0.6) is 0 Å². The molecule has 1 amide bonds. The molecular weight excluding hydrogens is 252 g/mol. The molecule has 1 fully saturated rings. The van der Waals surface area contributed by atoms with E-state index in [0.29, 0.717) is 13.0 Å². The lowest BCUT2D eigenvalue weighted by Gasteiger charge is -2.23. The van der Waals surface area contributed by atoms with Gasteiger partial charge in [-0.25, -0.2) is 0 Å². The van der Waals surface area contributed by atoms with Gasteiger partial charge in [0, 0.05) is 30.1 Å². The Morgan fingerprint density at radius 3 is 3.10 bits per heavy atom. The number of aryl methyl sites for hydroxylation is 1. The summed E-state index contributed by atoms with van der Waals surface area (Å²) in [6.45, 7) is 3.40. The van der Waals surface area contributed by atoms with Crippen LogP contribution in [0, 0.1) is 0 Å². The van der Waals surface area contributed by atoms with Gasteiger partial charge in [0.2, 0.25) is 5.91 Å².